The summed E-state index contributed by atoms with van der Waals surface area (Å²) in [6, 6.07) is 17.0. The molecule has 13 heteroatoms. The zero-order valence-corrected chi connectivity index (χ0v) is 29.7. The lowest BCUT2D eigenvalue weighted by molar-refractivity contribution is 0.0743. The van der Waals surface area contributed by atoms with Crippen molar-refractivity contribution in [1.29, 1.82) is 0 Å². The summed E-state index contributed by atoms with van der Waals surface area (Å²) in [5, 5.41) is 7.54. The van der Waals surface area contributed by atoms with Gasteiger partial charge < -0.3 is 0 Å². The molecule has 2 aromatic carbocycles. The van der Waals surface area contributed by atoms with Gasteiger partial charge in [0.25, 0.3) is 16.1 Å². The smallest absolute Gasteiger partial charge is 0.283 e. The topological polar surface area (TPSA) is 99.6 Å². The highest BCUT2D eigenvalue weighted by Crippen LogP contribution is 2.40. The molecule has 250 valence electrons. The Morgan fingerprint density at radius 2 is 1.67 bits per heavy atom. The summed E-state index contributed by atoms with van der Waals surface area (Å²) in [5.41, 5.74) is 6.72. The fraction of sp³-hybridized carbons (Fsp3) is 0.371. The lowest BCUT2D eigenvalue weighted by atomic mass is 10.0. The number of rotatable bonds is 8. The average Bonchev–Trinajstić information content (AvgIpc) is 3.88. The first kappa shape index (κ1) is 33.3. The molecule has 2 N–H and O–H groups in total. The largest absolute Gasteiger partial charge is 0.286 e. The van der Waals surface area contributed by atoms with Crippen LogP contribution in [0.15, 0.2) is 54.6 Å². The predicted octanol–water partition coefficient (Wildman–Crippen LogP) is 6.71. The number of piperidine rings is 1. The summed E-state index contributed by atoms with van der Waals surface area (Å²) < 4.78 is 33.6. The van der Waals surface area contributed by atoms with E-state index < -0.39 is 16.1 Å². The van der Waals surface area contributed by atoms with E-state index in [2.05, 4.69) is 22.0 Å². The van der Waals surface area contributed by atoms with Crippen molar-refractivity contribution in [1.82, 2.24) is 29.2 Å². The highest BCUT2D eigenvalue weighted by atomic mass is 35.5. The third-order valence-electron chi connectivity index (χ3n) is 9.27. The van der Waals surface area contributed by atoms with Gasteiger partial charge in [0.1, 0.15) is 0 Å². The molecule has 5 heterocycles. The Morgan fingerprint density at radius 1 is 0.958 bits per heavy atom. The Balaban J connectivity index is 1.32. The van der Waals surface area contributed by atoms with E-state index in [1.165, 1.54) is 11.3 Å². The molecular weight excluding hydrogens is 687 g/mol. The molecule has 0 spiro atoms. The number of nitrogens with one attached hydrogen (secondary N) is 2. The van der Waals surface area contributed by atoms with Gasteiger partial charge in [0.15, 0.2) is 5.69 Å². The lowest BCUT2D eigenvalue weighted by Gasteiger charge is -2.26. The zero-order valence-electron chi connectivity index (χ0n) is 26.5. The highest BCUT2D eigenvalue weighted by Gasteiger charge is 2.46. The molecule has 0 saturated carbocycles. The number of nitrogens with zero attached hydrogens (tertiary/aromatic N) is 4. The normalized spacial score (nSPS) is 19.7. The van der Waals surface area contributed by atoms with Crippen LogP contribution >= 0.6 is 34.5 Å². The quantitative estimate of drug-likeness (QED) is 0.197. The number of aromatic nitrogens is 2. The molecule has 3 aliphatic heterocycles. The SMILES string of the molecule is Cc1ccc(C#Cc2ccc(-c3c(CNS(=O)(=O)N4C5CCC4CC5)c(C(=O)NN4CCCCC4)nn3-c3ccc(Cl)cc3Cl)s2)cc1. The zero-order chi connectivity index (χ0) is 33.4. The van der Waals surface area contributed by atoms with Gasteiger partial charge in [-0.3, -0.25) is 10.2 Å². The Hall–Kier alpha value is -3.21. The first-order valence-corrected chi connectivity index (χ1v) is 19.3. The summed E-state index contributed by atoms with van der Waals surface area (Å²) in [5.74, 6) is 6.07. The molecule has 2 bridgehead atoms. The van der Waals surface area contributed by atoms with Gasteiger partial charge in [0.2, 0.25) is 0 Å². The molecule has 3 aliphatic rings. The van der Waals surface area contributed by atoms with E-state index in [4.69, 9.17) is 28.3 Å². The number of hydrogen-bond acceptors (Lipinski definition) is 6. The minimum Gasteiger partial charge on any atom is -0.283 e. The van der Waals surface area contributed by atoms with Crippen LogP contribution in [-0.4, -0.2) is 58.6 Å². The molecule has 7 rings (SSSR count). The van der Waals surface area contributed by atoms with Crippen LogP contribution in [0.3, 0.4) is 0 Å². The van der Waals surface area contributed by atoms with Crippen molar-refractivity contribution < 1.29 is 13.2 Å². The molecule has 48 heavy (non-hydrogen) atoms. The second-order valence-corrected chi connectivity index (χ2v) is 16.2. The third kappa shape index (κ3) is 6.94. The Kier molecular flexibility index (Phi) is 9.68. The van der Waals surface area contributed by atoms with Crippen LogP contribution in [-0.2, 0) is 16.8 Å². The van der Waals surface area contributed by atoms with Crippen LogP contribution in [0.1, 0.15) is 77.0 Å². The maximum atomic E-state index is 14.0. The summed E-state index contributed by atoms with van der Waals surface area (Å²) in [7, 11) is -3.83. The molecule has 4 aromatic rings. The molecule has 3 saturated heterocycles. The molecule has 3 fully saturated rings. The molecule has 0 radical (unpaired) electrons. The maximum absolute atomic E-state index is 14.0. The van der Waals surface area contributed by atoms with Crippen molar-refractivity contribution in [3.63, 3.8) is 0 Å². The Labute approximate surface area is 295 Å². The number of benzene rings is 2. The summed E-state index contributed by atoms with van der Waals surface area (Å²) in [4.78, 5) is 15.6. The van der Waals surface area contributed by atoms with Crippen molar-refractivity contribution in [3.05, 3.63) is 91.9 Å². The van der Waals surface area contributed by atoms with Crippen LogP contribution in [0.5, 0.6) is 0 Å². The number of hydrogen-bond donors (Lipinski definition) is 2. The number of halogens is 2. The van der Waals surface area contributed by atoms with Crippen molar-refractivity contribution >= 4 is 50.7 Å². The van der Waals surface area contributed by atoms with Crippen LogP contribution in [0.25, 0.3) is 16.3 Å². The average molecular weight is 724 g/mol. The van der Waals surface area contributed by atoms with Gasteiger partial charge >= 0.3 is 0 Å². The fourth-order valence-corrected chi connectivity index (χ4v) is 9.97. The summed E-state index contributed by atoms with van der Waals surface area (Å²) in [6.07, 6.45) is 6.55. The Morgan fingerprint density at radius 3 is 2.35 bits per heavy atom. The molecular formula is C35H36Cl2N6O3S2. The van der Waals surface area contributed by atoms with Gasteiger partial charge in [0, 0.05) is 47.9 Å². The van der Waals surface area contributed by atoms with Gasteiger partial charge in [-0.1, -0.05) is 59.2 Å². The number of carbonyl (C=O) groups is 1. The minimum absolute atomic E-state index is 0.0106. The van der Waals surface area contributed by atoms with Gasteiger partial charge in [-0.2, -0.15) is 22.5 Å². The number of amides is 1. The summed E-state index contributed by atoms with van der Waals surface area (Å²) in [6.45, 7) is 3.36. The van der Waals surface area contributed by atoms with E-state index in [0.29, 0.717) is 27.0 Å². The molecule has 0 aliphatic carbocycles. The van der Waals surface area contributed by atoms with E-state index >= 15 is 0 Å². The highest BCUT2D eigenvalue weighted by molar-refractivity contribution is 7.87. The van der Waals surface area contributed by atoms with Crippen LogP contribution < -0.4 is 10.1 Å². The van der Waals surface area contributed by atoms with Crippen molar-refractivity contribution in [2.45, 2.75) is 70.5 Å². The molecule has 1 amide bonds. The van der Waals surface area contributed by atoms with Gasteiger partial charge in [-0.05, 0) is 87.9 Å². The third-order valence-corrected chi connectivity index (χ3v) is 12.5. The monoisotopic (exact) mass is 722 g/mol. The predicted molar refractivity (Wildman–Crippen MR) is 191 cm³/mol. The van der Waals surface area contributed by atoms with Gasteiger partial charge in [-0.15, -0.1) is 11.3 Å². The van der Waals surface area contributed by atoms with E-state index in [9.17, 15) is 13.2 Å². The first-order chi connectivity index (χ1) is 23.2. The maximum Gasteiger partial charge on any atom is 0.286 e. The van der Waals surface area contributed by atoms with Crippen LogP contribution in [0.2, 0.25) is 10.0 Å². The van der Waals surface area contributed by atoms with Crippen LogP contribution in [0.4, 0.5) is 0 Å². The lowest BCUT2D eigenvalue weighted by Crippen LogP contribution is -2.46. The molecule has 9 nitrogen and oxygen atoms in total. The number of carbonyl (C=O) groups excluding carboxylic acids is 1. The first-order valence-electron chi connectivity index (χ1n) is 16.3. The summed E-state index contributed by atoms with van der Waals surface area (Å²) >= 11 is 14.4. The molecule has 0 unspecified atom stereocenters. The van der Waals surface area contributed by atoms with E-state index in [0.717, 1.165) is 78.9 Å². The van der Waals surface area contributed by atoms with Crippen molar-refractivity contribution in [3.8, 4) is 28.1 Å². The van der Waals surface area contributed by atoms with Crippen LogP contribution in [0, 0.1) is 18.8 Å². The standard InChI is InChI=1S/C35H36Cl2N6O3S2/c1-23-5-7-24(8-6-23)9-15-28-16-18-32(47-28)34-29(22-38-48(45,46)43-26-11-12-27(43)14-13-26)33(35(44)40-41-19-3-2-4-20-41)39-42(34)31-17-10-25(36)21-30(31)37/h5-8,10,16-18,21,26-27,38H,2-4,11-14,19-20,22H2,1H3,(H,40,44). The van der Waals surface area contributed by atoms with E-state index in [1.807, 2.05) is 48.3 Å². The second-order valence-electron chi connectivity index (χ2n) is 12.6. The van der Waals surface area contributed by atoms with Crippen molar-refractivity contribution in [2.75, 3.05) is 13.1 Å². The van der Waals surface area contributed by atoms with Gasteiger partial charge in [-0.25, -0.2) is 9.69 Å². The van der Waals surface area contributed by atoms with Gasteiger partial charge in [0.05, 0.1) is 26.2 Å². The number of hydrazine groups is 1. The molecule has 2 aromatic heterocycles. The number of fused-ring (bicyclic) bond motifs is 2. The van der Waals surface area contributed by atoms with Crippen molar-refractivity contribution in [2.24, 2.45) is 0 Å². The second kappa shape index (κ2) is 14.0. The molecule has 0 atom stereocenters. The number of thiophene rings is 1. The van der Waals surface area contributed by atoms with E-state index in [1.54, 1.807) is 27.2 Å². The van der Waals surface area contributed by atoms with E-state index in [-0.39, 0.29) is 24.3 Å². The minimum atomic E-state index is -3.83. The Bertz CT molecular complexity index is 1990. The number of aryl methyl sites for hydroxylation is 1. The fourth-order valence-electron chi connectivity index (χ4n) is 6.88.